The Kier molecular flexibility index (Phi) is 4.27. The Morgan fingerprint density at radius 2 is 1.95 bits per heavy atom. The lowest BCUT2D eigenvalue weighted by Gasteiger charge is -2.09. The van der Waals surface area contributed by atoms with E-state index in [2.05, 4.69) is 26.1 Å². The Balaban J connectivity index is 2.24. The highest BCUT2D eigenvalue weighted by molar-refractivity contribution is 9.10. The molecule has 2 rings (SSSR count). The monoisotopic (exact) mass is 346 g/mol. The van der Waals surface area contributed by atoms with Gasteiger partial charge in [0.2, 0.25) is 5.88 Å². The van der Waals surface area contributed by atoms with Crippen LogP contribution in [0.3, 0.4) is 0 Å². The zero-order chi connectivity index (χ0) is 14.8. The van der Waals surface area contributed by atoms with Crippen molar-refractivity contribution in [2.24, 2.45) is 0 Å². The third kappa shape index (κ3) is 3.47. The molecule has 0 N–H and O–H groups in total. The van der Waals surface area contributed by atoms with Gasteiger partial charge in [0, 0.05) is 6.42 Å². The van der Waals surface area contributed by atoms with Crippen LogP contribution in [0.4, 0.5) is 13.2 Å². The van der Waals surface area contributed by atoms with Crippen LogP contribution in [-0.2, 0) is 12.6 Å². The smallest absolute Gasteiger partial charge is 0.416 e. The van der Waals surface area contributed by atoms with E-state index in [0.29, 0.717) is 21.6 Å². The molecule has 106 valence electrons. The fourth-order valence-electron chi connectivity index (χ4n) is 1.69. The zero-order valence-corrected chi connectivity index (χ0v) is 12.0. The summed E-state index contributed by atoms with van der Waals surface area (Å²) >= 11 is 3.26. The van der Waals surface area contributed by atoms with Crippen LogP contribution in [0.25, 0.3) is 0 Å². The van der Waals surface area contributed by atoms with Gasteiger partial charge in [0.25, 0.3) is 0 Å². The molecular weight excluding hydrogens is 337 g/mol. The number of hydrogen-bond acceptors (Lipinski definition) is 3. The fraction of sp³-hybridized carbons (Fsp3) is 0.231. The van der Waals surface area contributed by atoms with Crippen molar-refractivity contribution in [2.75, 3.05) is 7.11 Å². The summed E-state index contributed by atoms with van der Waals surface area (Å²) in [4.78, 5) is 0. The van der Waals surface area contributed by atoms with Crippen molar-refractivity contribution in [3.8, 4) is 5.88 Å². The molecule has 0 spiro atoms. The van der Waals surface area contributed by atoms with Crippen LogP contribution in [0.2, 0.25) is 0 Å². The maximum atomic E-state index is 12.6. The van der Waals surface area contributed by atoms with Gasteiger partial charge in [-0.3, -0.25) is 0 Å². The highest BCUT2D eigenvalue weighted by atomic mass is 79.9. The molecule has 1 aromatic carbocycles. The molecule has 0 atom stereocenters. The third-order valence-electron chi connectivity index (χ3n) is 2.60. The van der Waals surface area contributed by atoms with Crippen molar-refractivity contribution in [3.05, 3.63) is 51.6 Å². The van der Waals surface area contributed by atoms with Gasteiger partial charge >= 0.3 is 6.18 Å². The molecule has 0 aliphatic rings. The quantitative estimate of drug-likeness (QED) is 0.846. The van der Waals surface area contributed by atoms with Crippen LogP contribution < -0.4 is 4.74 Å². The lowest BCUT2D eigenvalue weighted by atomic mass is 10.1. The highest BCUT2D eigenvalue weighted by Crippen LogP contribution is 2.30. The first-order chi connectivity index (χ1) is 9.40. The number of benzene rings is 1. The average Bonchev–Trinajstić information content (AvgIpc) is 2.38. The van der Waals surface area contributed by atoms with Gasteiger partial charge in [-0.05, 0) is 33.6 Å². The molecule has 1 heterocycles. The van der Waals surface area contributed by atoms with Crippen molar-refractivity contribution >= 4 is 15.9 Å². The van der Waals surface area contributed by atoms with E-state index in [0.717, 1.165) is 12.1 Å². The molecule has 0 radical (unpaired) electrons. The number of methoxy groups -OCH3 is 1. The minimum Gasteiger partial charge on any atom is -0.479 e. The number of hydrogen-bond donors (Lipinski definition) is 0. The zero-order valence-electron chi connectivity index (χ0n) is 10.4. The van der Waals surface area contributed by atoms with Gasteiger partial charge in [-0.15, -0.1) is 5.10 Å². The molecule has 20 heavy (non-hydrogen) atoms. The largest absolute Gasteiger partial charge is 0.479 e. The topological polar surface area (TPSA) is 35.0 Å². The van der Waals surface area contributed by atoms with Gasteiger partial charge < -0.3 is 4.74 Å². The summed E-state index contributed by atoms with van der Waals surface area (Å²) in [5.74, 6) is 0.331. The van der Waals surface area contributed by atoms with Crippen LogP contribution >= 0.6 is 15.9 Å². The molecular formula is C13H10BrF3N2O. The lowest BCUT2D eigenvalue weighted by molar-refractivity contribution is -0.137. The van der Waals surface area contributed by atoms with Gasteiger partial charge in [0.05, 0.1) is 22.8 Å². The normalized spacial score (nSPS) is 11.4. The van der Waals surface area contributed by atoms with Crippen molar-refractivity contribution < 1.29 is 17.9 Å². The molecule has 3 nitrogen and oxygen atoms in total. The predicted molar refractivity (Wildman–Crippen MR) is 70.5 cm³/mol. The van der Waals surface area contributed by atoms with Gasteiger partial charge in [-0.25, -0.2) is 0 Å². The molecule has 7 heteroatoms. The number of aromatic nitrogens is 2. The summed E-state index contributed by atoms with van der Waals surface area (Å²) in [5.41, 5.74) is 0.402. The number of ether oxygens (including phenoxy) is 1. The molecule has 0 saturated carbocycles. The first-order valence-electron chi connectivity index (χ1n) is 5.62. The number of alkyl halides is 3. The highest BCUT2D eigenvalue weighted by Gasteiger charge is 2.30. The molecule has 0 aliphatic carbocycles. The summed E-state index contributed by atoms with van der Waals surface area (Å²) in [6.45, 7) is 0. The fourth-order valence-corrected chi connectivity index (χ4v) is 2.19. The Bertz CT molecular complexity index is 617. The van der Waals surface area contributed by atoms with E-state index in [9.17, 15) is 13.2 Å². The first kappa shape index (κ1) is 14.8. The van der Waals surface area contributed by atoms with Gasteiger partial charge in [-0.2, -0.15) is 18.3 Å². The molecule has 0 amide bonds. The van der Waals surface area contributed by atoms with Crippen molar-refractivity contribution in [1.82, 2.24) is 10.2 Å². The van der Waals surface area contributed by atoms with Crippen LogP contribution in [0, 0.1) is 0 Å². The lowest BCUT2D eigenvalue weighted by Crippen LogP contribution is -2.05. The second-order valence-electron chi connectivity index (χ2n) is 4.07. The van der Waals surface area contributed by atoms with Gasteiger partial charge in [0.15, 0.2) is 0 Å². The number of halogens is 4. The van der Waals surface area contributed by atoms with E-state index >= 15 is 0 Å². The summed E-state index contributed by atoms with van der Waals surface area (Å²) in [5, 5.41) is 7.73. The molecule has 0 unspecified atom stereocenters. The van der Waals surface area contributed by atoms with E-state index in [-0.39, 0.29) is 6.42 Å². The second-order valence-corrected chi connectivity index (χ2v) is 4.92. The predicted octanol–water partition coefficient (Wildman–Crippen LogP) is 3.86. The minimum atomic E-state index is -4.35. The van der Waals surface area contributed by atoms with E-state index in [4.69, 9.17) is 4.74 Å². The van der Waals surface area contributed by atoms with Crippen LogP contribution in [0.1, 0.15) is 16.8 Å². The van der Waals surface area contributed by atoms with Crippen LogP contribution in [0.5, 0.6) is 5.88 Å². The van der Waals surface area contributed by atoms with Crippen molar-refractivity contribution in [2.45, 2.75) is 12.6 Å². The summed E-state index contributed by atoms with van der Waals surface area (Å²) in [7, 11) is 1.46. The Hall–Kier alpha value is -1.63. The number of rotatable bonds is 3. The Morgan fingerprint density at radius 1 is 1.20 bits per heavy atom. The SMILES string of the molecule is COc1nnc(Cc2cccc(C(F)(F)F)c2)cc1Br. The molecule has 2 aromatic rings. The van der Waals surface area contributed by atoms with E-state index in [1.54, 1.807) is 12.1 Å². The molecule has 0 fully saturated rings. The first-order valence-corrected chi connectivity index (χ1v) is 6.41. The van der Waals surface area contributed by atoms with Crippen LogP contribution in [-0.4, -0.2) is 17.3 Å². The van der Waals surface area contributed by atoms with Crippen molar-refractivity contribution in [1.29, 1.82) is 0 Å². The standard InChI is InChI=1S/C13H10BrF3N2O/c1-20-12-11(14)7-10(18-19-12)6-8-3-2-4-9(5-8)13(15,16)17/h2-5,7H,6H2,1H3. The Morgan fingerprint density at radius 3 is 2.55 bits per heavy atom. The second kappa shape index (κ2) is 5.78. The maximum Gasteiger partial charge on any atom is 0.416 e. The maximum absolute atomic E-state index is 12.6. The van der Waals surface area contributed by atoms with Gasteiger partial charge in [0.1, 0.15) is 0 Å². The van der Waals surface area contributed by atoms with E-state index in [1.165, 1.54) is 13.2 Å². The molecule has 1 aromatic heterocycles. The molecule has 0 bridgehead atoms. The van der Waals surface area contributed by atoms with Gasteiger partial charge in [-0.1, -0.05) is 18.2 Å². The average molecular weight is 347 g/mol. The number of nitrogens with zero attached hydrogens (tertiary/aromatic N) is 2. The van der Waals surface area contributed by atoms with Crippen molar-refractivity contribution in [3.63, 3.8) is 0 Å². The molecule has 0 saturated heterocycles. The van der Waals surface area contributed by atoms with E-state index < -0.39 is 11.7 Å². The van der Waals surface area contributed by atoms with Crippen LogP contribution in [0.15, 0.2) is 34.8 Å². The van der Waals surface area contributed by atoms with E-state index in [1.807, 2.05) is 0 Å². The molecule has 0 aliphatic heterocycles. The third-order valence-corrected chi connectivity index (χ3v) is 3.17. The summed E-state index contributed by atoms with van der Waals surface area (Å²) in [6.07, 6.45) is -4.08. The summed E-state index contributed by atoms with van der Waals surface area (Å²) < 4.78 is 43.4. The summed E-state index contributed by atoms with van der Waals surface area (Å²) in [6, 6.07) is 6.82. The Labute approximate surface area is 121 Å². The minimum absolute atomic E-state index is 0.263.